The second kappa shape index (κ2) is 12.4. The first-order chi connectivity index (χ1) is 11.7. The number of guanidine groups is 1. The van der Waals surface area contributed by atoms with Gasteiger partial charge in [-0.25, -0.2) is 4.99 Å². The maximum Gasteiger partial charge on any atom is 0.191 e. The maximum atomic E-state index is 5.65. The Morgan fingerprint density at radius 3 is 2.72 bits per heavy atom. The number of hydrogen-bond acceptors (Lipinski definition) is 3. The molecule has 1 fully saturated rings. The van der Waals surface area contributed by atoms with Crippen LogP contribution in [0.2, 0.25) is 0 Å². The third-order valence-electron chi connectivity index (χ3n) is 4.03. The summed E-state index contributed by atoms with van der Waals surface area (Å²) in [5.74, 6) is 2.61. The lowest BCUT2D eigenvalue weighted by Gasteiger charge is -2.12. The number of benzene rings is 1. The predicted octanol–water partition coefficient (Wildman–Crippen LogP) is 3.49. The number of nitrogens with zero attached hydrogens (tertiary/aromatic N) is 1. The second-order valence-corrected chi connectivity index (χ2v) is 6.30. The van der Waals surface area contributed by atoms with Crippen LogP contribution in [-0.2, 0) is 11.3 Å². The first kappa shape index (κ1) is 22.0. The molecule has 0 bridgehead atoms. The molecule has 5 nitrogen and oxygen atoms in total. The van der Waals surface area contributed by atoms with Gasteiger partial charge in [0.15, 0.2) is 5.96 Å². The molecule has 0 amide bonds. The molecule has 1 aliphatic carbocycles. The molecular formula is C19H32IN3O2. The van der Waals surface area contributed by atoms with Gasteiger partial charge in [0.25, 0.3) is 0 Å². The summed E-state index contributed by atoms with van der Waals surface area (Å²) >= 11 is 0. The number of ether oxygens (including phenoxy) is 2. The fourth-order valence-corrected chi connectivity index (χ4v) is 2.47. The molecule has 0 radical (unpaired) electrons. The third-order valence-corrected chi connectivity index (χ3v) is 4.03. The molecule has 0 saturated heterocycles. The fraction of sp³-hybridized carbons (Fsp3) is 0.632. The molecule has 0 atom stereocenters. The summed E-state index contributed by atoms with van der Waals surface area (Å²) in [6, 6.07) is 6.18. The Balaban J connectivity index is 0.00000312. The highest BCUT2D eigenvalue weighted by Gasteiger charge is 2.20. The van der Waals surface area contributed by atoms with Crippen molar-refractivity contribution in [2.75, 3.05) is 33.4 Å². The molecule has 6 heteroatoms. The van der Waals surface area contributed by atoms with Crippen LogP contribution < -0.4 is 15.4 Å². The molecule has 0 heterocycles. The van der Waals surface area contributed by atoms with Gasteiger partial charge < -0.3 is 20.1 Å². The third kappa shape index (κ3) is 8.76. The Bertz CT molecular complexity index is 533. The maximum absolute atomic E-state index is 5.65. The van der Waals surface area contributed by atoms with Gasteiger partial charge in [0, 0.05) is 26.3 Å². The molecule has 2 rings (SSSR count). The first-order valence-corrected chi connectivity index (χ1v) is 8.96. The molecule has 25 heavy (non-hydrogen) atoms. The Kier molecular flexibility index (Phi) is 10.9. The van der Waals surface area contributed by atoms with Crippen molar-refractivity contribution in [1.82, 2.24) is 10.6 Å². The Morgan fingerprint density at radius 2 is 2.08 bits per heavy atom. The van der Waals surface area contributed by atoms with Crippen molar-refractivity contribution in [3.8, 4) is 5.75 Å². The van der Waals surface area contributed by atoms with E-state index in [0.717, 1.165) is 55.9 Å². The standard InChI is InChI=1S/C19H31N3O2.HI/c1-4-20-19(21-10-5-11-24-14-16-6-7-16)22-13-17-8-9-18(23-3)15(2)12-17;/h8-9,12,16H,4-7,10-11,13-14H2,1-3H3,(H2,20,21,22);1H. The minimum absolute atomic E-state index is 0. The number of rotatable bonds is 10. The Morgan fingerprint density at radius 1 is 1.28 bits per heavy atom. The van der Waals surface area contributed by atoms with E-state index < -0.39 is 0 Å². The van der Waals surface area contributed by atoms with Crippen LogP contribution in [0.1, 0.15) is 37.3 Å². The number of methoxy groups -OCH3 is 1. The molecule has 1 saturated carbocycles. The Labute approximate surface area is 169 Å². The van der Waals surface area contributed by atoms with Crippen LogP contribution in [0.4, 0.5) is 0 Å². The van der Waals surface area contributed by atoms with Crippen LogP contribution in [0.5, 0.6) is 5.75 Å². The van der Waals surface area contributed by atoms with Crippen LogP contribution >= 0.6 is 24.0 Å². The lowest BCUT2D eigenvalue weighted by molar-refractivity contribution is 0.123. The molecule has 1 aliphatic rings. The van der Waals surface area contributed by atoms with Crippen molar-refractivity contribution in [3.05, 3.63) is 29.3 Å². The SMILES string of the molecule is CCNC(=NCc1ccc(OC)c(C)c1)NCCCOCC1CC1.I. The molecule has 0 spiro atoms. The average Bonchev–Trinajstić information content (AvgIpc) is 3.40. The van der Waals surface area contributed by atoms with Gasteiger partial charge in [-0.15, -0.1) is 24.0 Å². The monoisotopic (exact) mass is 461 g/mol. The number of aliphatic imine (C=N–C) groups is 1. The van der Waals surface area contributed by atoms with Gasteiger partial charge in [-0.1, -0.05) is 12.1 Å². The predicted molar refractivity (Wildman–Crippen MR) is 114 cm³/mol. The van der Waals surface area contributed by atoms with Gasteiger partial charge in [0.2, 0.25) is 0 Å². The van der Waals surface area contributed by atoms with E-state index in [1.165, 1.54) is 18.4 Å². The zero-order valence-corrected chi connectivity index (χ0v) is 18.0. The number of nitrogens with one attached hydrogen (secondary N) is 2. The van der Waals surface area contributed by atoms with Crippen LogP contribution in [0.25, 0.3) is 0 Å². The van der Waals surface area contributed by atoms with Crippen molar-refractivity contribution in [3.63, 3.8) is 0 Å². The summed E-state index contributed by atoms with van der Waals surface area (Å²) in [5, 5.41) is 6.65. The van der Waals surface area contributed by atoms with Gasteiger partial charge in [0.1, 0.15) is 5.75 Å². The fourth-order valence-electron chi connectivity index (χ4n) is 2.47. The smallest absolute Gasteiger partial charge is 0.191 e. The molecule has 2 N–H and O–H groups in total. The Hall–Kier alpha value is -1.02. The average molecular weight is 461 g/mol. The highest BCUT2D eigenvalue weighted by molar-refractivity contribution is 14.0. The van der Waals surface area contributed by atoms with Gasteiger partial charge >= 0.3 is 0 Å². The molecule has 1 aromatic carbocycles. The van der Waals surface area contributed by atoms with Crippen LogP contribution in [0, 0.1) is 12.8 Å². The van der Waals surface area contributed by atoms with Crippen molar-refractivity contribution >= 4 is 29.9 Å². The van der Waals surface area contributed by atoms with Gasteiger partial charge in [-0.05, 0) is 56.2 Å². The minimum atomic E-state index is 0. The van der Waals surface area contributed by atoms with Crippen molar-refractivity contribution in [2.24, 2.45) is 10.9 Å². The molecule has 1 aromatic rings. The minimum Gasteiger partial charge on any atom is -0.496 e. The summed E-state index contributed by atoms with van der Waals surface area (Å²) in [7, 11) is 1.70. The van der Waals surface area contributed by atoms with Crippen molar-refractivity contribution < 1.29 is 9.47 Å². The quantitative estimate of drug-likeness (QED) is 0.243. The number of halogens is 1. The molecular weight excluding hydrogens is 429 g/mol. The van der Waals surface area contributed by atoms with Gasteiger partial charge in [-0.2, -0.15) is 0 Å². The summed E-state index contributed by atoms with van der Waals surface area (Å²) in [6.45, 7) is 8.26. The molecule has 142 valence electrons. The lowest BCUT2D eigenvalue weighted by atomic mass is 10.1. The van der Waals surface area contributed by atoms with Gasteiger partial charge in [-0.3, -0.25) is 0 Å². The van der Waals surface area contributed by atoms with E-state index in [-0.39, 0.29) is 24.0 Å². The van der Waals surface area contributed by atoms with Crippen LogP contribution in [0.15, 0.2) is 23.2 Å². The largest absolute Gasteiger partial charge is 0.496 e. The topological polar surface area (TPSA) is 54.9 Å². The van der Waals surface area contributed by atoms with E-state index in [4.69, 9.17) is 9.47 Å². The normalized spacial score (nSPS) is 14.0. The zero-order valence-electron chi connectivity index (χ0n) is 15.6. The van der Waals surface area contributed by atoms with E-state index in [1.807, 2.05) is 6.07 Å². The highest BCUT2D eigenvalue weighted by Crippen LogP contribution is 2.28. The second-order valence-electron chi connectivity index (χ2n) is 6.30. The lowest BCUT2D eigenvalue weighted by Crippen LogP contribution is -2.38. The van der Waals surface area contributed by atoms with Crippen molar-refractivity contribution in [2.45, 2.75) is 39.7 Å². The highest BCUT2D eigenvalue weighted by atomic mass is 127. The van der Waals surface area contributed by atoms with E-state index in [2.05, 4.69) is 41.6 Å². The molecule has 0 aromatic heterocycles. The van der Waals surface area contributed by atoms with E-state index in [1.54, 1.807) is 7.11 Å². The van der Waals surface area contributed by atoms with E-state index in [0.29, 0.717) is 6.54 Å². The summed E-state index contributed by atoms with van der Waals surface area (Å²) in [6.07, 6.45) is 3.69. The molecule has 0 aliphatic heterocycles. The number of hydrogen-bond donors (Lipinski definition) is 2. The first-order valence-electron chi connectivity index (χ1n) is 8.96. The van der Waals surface area contributed by atoms with E-state index >= 15 is 0 Å². The summed E-state index contributed by atoms with van der Waals surface area (Å²) < 4.78 is 10.9. The molecule has 0 unspecified atom stereocenters. The van der Waals surface area contributed by atoms with Gasteiger partial charge in [0.05, 0.1) is 13.7 Å². The van der Waals surface area contributed by atoms with Crippen molar-refractivity contribution in [1.29, 1.82) is 0 Å². The van der Waals surface area contributed by atoms with Crippen LogP contribution in [-0.4, -0.2) is 39.4 Å². The van der Waals surface area contributed by atoms with E-state index in [9.17, 15) is 0 Å². The number of aryl methyl sites for hydroxylation is 1. The van der Waals surface area contributed by atoms with Crippen LogP contribution in [0.3, 0.4) is 0 Å². The zero-order chi connectivity index (χ0) is 17.2. The summed E-state index contributed by atoms with van der Waals surface area (Å²) in [4.78, 5) is 4.65. The summed E-state index contributed by atoms with van der Waals surface area (Å²) in [5.41, 5.74) is 2.31.